The quantitative estimate of drug-likeness (QED) is 0.748. The minimum atomic E-state index is 0.260. The highest BCUT2D eigenvalue weighted by Gasteiger charge is 2.37. The monoisotopic (exact) mass is 356 g/mol. The van der Waals surface area contributed by atoms with Crippen molar-refractivity contribution in [1.29, 1.82) is 0 Å². The second-order valence-electron chi connectivity index (χ2n) is 8.59. The molecule has 2 aliphatic rings. The van der Waals surface area contributed by atoms with Gasteiger partial charge >= 0.3 is 0 Å². The number of carbonyl (C=O) groups is 1. The standard InChI is InChI=1S/C23H36N2O/c1-24-16-10-21-11-17-25(18-12-21)22(26)19-23(13-5-6-14-23)15-9-20-7-3-2-4-8-20/h2-4,7-8,21,24H,5-6,9-19H2,1H3. The highest BCUT2D eigenvalue weighted by molar-refractivity contribution is 5.77. The average molecular weight is 357 g/mol. The Labute approximate surface area is 159 Å². The Morgan fingerprint density at radius 3 is 2.50 bits per heavy atom. The molecule has 0 atom stereocenters. The number of hydrogen-bond acceptors (Lipinski definition) is 2. The number of carbonyl (C=O) groups excluding carboxylic acids is 1. The fraction of sp³-hybridized carbons (Fsp3) is 0.696. The SMILES string of the molecule is CNCCC1CCN(C(=O)CC2(CCc3ccccc3)CCCC2)CC1. The van der Waals surface area contributed by atoms with Crippen LogP contribution in [-0.2, 0) is 11.2 Å². The lowest BCUT2D eigenvalue weighted by Crippen LogP contribution is -2.41. The van der Waals surface area contributed by atoms with Crippen molar-refractivity contribution in [1.82, 2.24) is 10.2 Å². The summed E-state index contributed by atoms with van der Waals surface area (Å²) in [5.74, 6) is 1.22. The van der Waals surface area contributed by atoms with Crippen molar-refractivity contribution in [2.75, 3.05) is 26.7 Å². The molecule has 0 spiro atoms. The Kier molecular flexibility index (Phi) is 7.13. The number of piperidine rings is 1. The second kappa shape index (κ2) is 9.55. The predicted molar refractivity (Wildman–Crippen MR) is 108 cm³/mol. The van der Waals surface area contributed by atoms with Gasteiger partial charge in [-0.1, -0.05) is 43.2 Å². The lowest BCUT2D eigenvalue weighted by Gasteiger charge is -2.36. The summed E-state index contributed by atoms with van der Waals surface area (Å²) < 4.78 is 0. The third-order valence-electron chi connectivity index (χ3n) is 6.75. The molecule has 0 bridgehead atoms. The maximum atomic E-state index is 13.0. The summed E-state index contributed by atoms with van der Waals surface area (Å²) in [6.45, 7) is 3.05. The minimum absolute atomic E-state index is 0.260. The summed E-state index contributed by atoms with van der Waals surface area (Å²) in [5.41, 5.74) is 1.67. The Morgan fingerprint density at radius 1 is 1.15 bits per heavy atom. The lowest BCUT2D eigenvalue weighted by molar-refractivity contribution is -0.135. The highest BCUT2D eigenvalue weighted by Crippen LogP contribution is 2.45. The maximum absolute atomic E-state index is 13.0. The molecule has 1 aromatic carbocycles. The van der Waals surface area contributed by atoms with Crippen LogP contribution in [0.25, 0.3) is 0 Å². The molecule has 0 unspecified atom stereocenters. The normalized spacial score (nSPS) is 20.4. The van der Waals surface area contributed by atoms with Gasteiger partial charge in [0.05, 0.1) is 0 Å². The summed E-state index contributed by atoms with van der Waals surface area (Å²) in [7, 11) is 2.02. The van der Waals surface area contributed by atoms with E-state index in [2.05, 4.69) is 40.5 Å². The molecule has 0 radical (unpaired) electrons. The summed E-state index contributed by atoms with van der Waals surface area (Å²) in [6.07, 6.45) is 11.8. The van der Waals surface area contributed by atoms with Crippen molar-refractivity contribution >= 4 is 5.91 Å². The molecular formula is C23H36N2O. The topological polar surface area (TPSA) is 32.3 Å². The Bertz CT molecular complexity index is 543. The van der Waals surface area contributed by atoms with E-state index < -0.39 is 0 Å². The van der Waals surface area contributed by atoms with Crippen LogP contribution >= 0.6 is 0 Å². The molecule has 1 heterocycles. The molecule has 3 rings (SSSR count). The van der Waals surface area contributed by atoms with Crippen molar-refractivity contribution in [3.63, 3.8) is 0 Å². The van der Waals surface area contributed by atoms with Crippen LogP contribution in [0.4, 0.5) is 0 Å². The van der Waals surface area contributed by atoms with E-state index in [9.17, 15) is 4.79 Å². The smallest absolute Gasteiger partial charge is 0.223 e. The van der Waals surface area contributed by atoms with Crippen LogP contribution in [0, 0.1) is 11.3 Å². The van der Waals surface area contributed by atoms with Gasteiger partial charge in [0.15, 0.2) is 0 Å². The third-order valence-corrected chi connectivity index (χ3v) is 6.75. The molecule has 1 amide bonds. The first-order chi connectivity index (χ1) is 12.7. The van der Waals surface area contributed by atoms with Crippen molar-refractivity contribution in [3.8, 4) is 0 Å². The van der Waals surface area contributed by atoms with Gasteiger partial charge in [0, 0.05) is 19.5 Å². The van der Waals surface area contributed by atoms with E-state index in [1.807, 2.05) is 7.05 Å². The fourth-order valence-corrected chi connectivity index (χ4v) is 4.95. The maximum Gasteiger partial charge on any atom is 0.223 e. The zero-order valence-corrected chi connectivity index (χ0v) is 16.5. The largest absolute Gasteiger partial charge is 0.343 e. The lowest BCUT2D eigenvalue weighted by atomic mass is 9.77. The van der Waals surface area contributed by atoms with E-state index >= 15 is 0 Å². The van der Waals surface area contributed by atoms with Crippen molar-refractivity contribution in [3.05, 3.63) is 35.9 Å². The Morgan fingerprint density at radius 2 is 1.85 bits per heavy atom. The molecule has 3 heteroatoms. The van der Waals surface area contributed by atoms with E-state index in [4.69, 9.17) is 0 Å². The summed E-state index contributed by atoms with van der Waals surface area (Å²) in [5, 5.41) is 3.25. The van der Waals surface area contributed by atoms with E-state index in [1.54, 1.807) is 0 Å². The molecule has 26 heavy (non-hydrogen) atoms. The minimum Gasteiger partial charge on any atom is -0.343 e. The molecule has 1 saturated heterocycles. The van der Waals surface area contributed by atoms with Crippen molar-refractivity contribution < 1.29 is 4.79 Å². The molecule has 1 aromatic rings. The number of hydrogen-bond donors (Lipinski definition) is 1. The van der Waals surface area contributed by atoms with Crippen LogP contribution in [0.5, 0.6) is 0 Å². The Balaban J connectivity index is 1.50. The zero-order valence-electron chi connectivity index (χ0n) is 16.5. The summed E-state index contributed by atoms with van der Waals surface area (Å²) in [4.78, 5) is 15.2. The van der Waals surface area contributed by atoms with Crippen molar-refractivity contribution in [2.24, 2.45) is 11.3 Å². The van der Waals surface area contributed by atoms with Gasteiger partial charge < -0.3 is 10.2 Å². The number of nitrogens with one attached hydrogen (secondary N) is 1. The molecule has 1 N–H and O–H groups in total. The summed E-state index contributed by atoms with van der Waals surface area (Å²) >= 11 is 0. The van der Waals surface area contributed by atoms with Crippen LogP contribution in [0.3, 0.4) is 0 Å². The second-order valence-corrected chi connectivity index (χ2v) is 8.59. The van der Waals surface area contributed by atoms with Gasteiger partial charge in [-0.2, -0.15) is 0 Å². The van der Waals surface area contributed by atoms with Crippen LogP contribution in [0.15, 0.2) is 30.3 Å². The van der Waals surface area contributed by atoms with Gasteiger partial charge in [-0.15, -0.1) is 0 Å². The average Bonchev–Trinajstić information content (AvgIpc) is 3.14. The van der Waals surface area contributed by atoms with Crippen LogP contribution in [0.1, 0.15) is 63.4 Å². The number of benzene rings is 1. The predicted octanol–water partition coefficient (Wildman–Crippen LogP) is 4.42. The molecule has 0 aromatic heterocycles. The van der Waals surface area contributed by atoms with Crippen LogP contribution in [0.2, 0.25) is 0 Å². The van der Waals surface area contributed by atoms with E-state index in [1.165, 1.54) is 56.9 Å². The van der Waals surface area contributed by atoms with E-state index in [0.717, 1.165) is 38.4 Å². The molecule has 3 nitrogen and oxygen atoms in total. The molecule has 1 aliphatic heterocycles. The molecule has 2 fully saturated rings. The van der Waals surface area contributed by atoms with Crippen LogP contribution < -0.4 is 5.32 Å². The van der Waals surface area contributed by atoms with E-state index in [-0.39, 0.29) is 5.41 Å². The van der Waals surface area contributed by atoms with Gasteiger partial charge in [0.25, 0.3) is 0 Å². The molecular weight excluding hydrogens is 320 g/mol. The number of likely N-dealkylation sites (tertiary alicyclic amines) is 1. The third kappa shape index (κ3) is 5.33. The van der Waals surface area contributed by atoms with Gasteiger partial charge in [-0.25, -0.2) is 0 Å². The number of nitrogens with zero attached hydrogens (tertiary/aromatic N) is 1. The number of aryl methyl sites for hydroxylation is 1. The van der Waals surface area contributed by atoms with Gasteiger partial charge in [-0.05, 0) is 75.4 Å². The van der Waals surface area contributed by atoms with Crippen LogP contribution in [-0.4, -0.2) is 37.5 Å². The molecule has 1 saturated carbocycles. The molecule has 144 valence electrons. The van der Waals surface area contributed by atoms with E-state index in [0.29, 0.717) is 5.91 Å². The van der Waals surface area contributed by atoms with Crippen molar-refractivity contribution in [2.45, 2.75) is 64.2 Å². The first kappa shape index (κ1) is 19.4. The number of amides is 1. The molecule has 1 aliphatic carbocycles. The van der Waals surface area contributed by atoms with Gasteiger partial charge in [0.2, 0.25) is 5.91 Å². The van der Waals surface area contributed by atoms with Gasteiger partial charge in [-0.3, -0.25) is 4.79 Å². The van der Waals surface area contributed by atoms with Gasteiger partial charge in [0.1, 0.15) is 0 Å². The summed E-state index contributed by atoms with van der Waals surface area (Å²) in [6, 6.07) is 10.8. The first-order valence-corrected chi connectivity index (χ1v) is 10.7. The zero-order chi connectivity index (χ0) is 18.2. The number of rotatable bonds is 8. The fourth-order valence-electron chi connectivity index (χ4n) is 4.95. The highest BCUT2D eigenvalue weighted by atomic mass is 16.2. The first-order valence-electron chi connectivity index (χ1n) is 10.7. The Hall–Kier alpha value is -1.35.